The van der Waals surface area contributed by atoms with Gasteiger partial charge in [0.1, 0.15) is 0 Å². The maximum atomic E-state index is 10.8. The van der Waals surface area contributed by atoms with Crippen LogP contribution in [0, 0.1) is 0 Å². The van der Waals surface area contributed by atoms with Crippen molar-refractivity contribution in [2.24, 2.45) is 0 Å². The quantitative estimate of drug-likeness (QED) is 0.451. The standard InChI is InChI=1S/C7H16N2O3/c1-3-4-8-7(10)9-12-6-5-11-2/h3-6H2,1-2H3,(H2,8,9,10). The van der Waals surface area contributed by atoms with Crippen LogP contribution in [0.5, 0.6) is 0 Å². The summed E-state index contributed by atoms with van der Waals surface area (Å²) in [6.45, 7) is 3.45. The summed E-state index contributed by atoms with van der Waals surface area (Å²) < 4.78 is 4.71. The van der Waals surface area contributed by atoms with Gasteiger partial charge in [-0.3, -0.25) is 4.84 Å². The average molecular weight is 176 g/mol. The minimum atomic E-state index is -0.312. The first-order valence-electron chi connectivity index (χ1n) is 3.95. The van der Waals surface area contributed by atoms with Gasteiger partial charge in [-0.05, 0) is 6.42 Å². The summed E-state index contributed by atoms with van der Waals surface area (Å²) in [6.07, 6.45) is 0.908. The molecule has 5 heteroatoms. The molecule has 0 saturated carbocycles. The number of urea groups is 1. The molecule has 0 bridgehead atoms. The van der Waals surface area contributed by atoms with Crippen molar-refractivity contribution in [3.63, 3.8) is 0 Å². The molecule has 0 aliphatic carbocycles. The third-order valence-corrected chi connectivity index (χ3v) is 1.09. The summed E-state index contributed by atoms with van der Waals surface area (Å²) in [7, 11) is 1.57. The molecule has 0 aliphatic rings. The lowest BCUT2D eigenvalue weighted by molar-refractivity contribution is 0.0243. The lowest BCUT2D eigenvalue weighted by Crippen LogP contribution is -2.36. The Labute approximate surface area is 72.4 Å². The number of methoxy groups -OCH3 is 1. The average Bonchev–Trinajstić information content (AvgIpc) is 2.09. The largest absolute Gasteiger partial charge is 0.382 e. The fourth-order valence-corrected chi connectivity index (χ4v) is 0.516. The van der Waals surface area contributed by atoms with Crippen molar-refractivity contribution in [2.45, 2.75) is 13.3 Å². The molecular weight excluding hydrogens is 160 g/mol. The van der Waals surface area contributed by atoms with E-state index in [9.17, 15) is 4.79 Å². The van der Waals surface area contributed by atoms with E-state index in [-0.39, 0.29) is 6.03 Å². The van der Waals surface area contributed by atoms with Crippen LogP contribution in [0.4, 0.5) is 4.79 Å². The van der Waals surface area contributed by atoms with Gasteiger partial charge in [0.25, 0.3) is 0 Å². The van der Waals surface area contributed by atoms with Crippen LogP contribution in [0.25, 0.3) is 0 Å². The smallest absolute Gasteiger partial charge is 0.338 e. The highest BCUT2D eigenvalue weighted by atomic mass is 16.7. The number of hydrogen-bond acceptors (Lipinski definition) is 3. The molecule has 0 aliphatic heterocycles. The second-order valence-electron chi connectivity index (χ2n) is 2.20. The van der Waals surface area contributed by atoms with Gasteiger partial charge >= 0.3 is 6.03 Å². The lowest BCUT2D eigenvalue weighted by Gasteiger charge is -2.05. The minimum absolute atomic E-state index is 0.312. The number of ether oxygens (including phenoxy) is 1. The molecule has 72 valence electrons. The van der Waals surface area contributed by atoms with Crippen molar-refractivity contribution in [1.29, 1.82) is 0 Å². The molecule has 5 nitrogen and oxygen atoms in total. The Bertz CT molecular complexity index is 119. The number of carbonyl (C=O) groups excluding carboxylic acids is 1. The van der Waals surface area contributed by atoms with Crippen molar-refractivity contribution in [1.82, 2.24) is 10.8 Å². The van der Waals surface area contributed by atoms with Crippen molar-refractivity contribution < 1.29 is 14.4 Å². The van der Waals surface area contributed by atoms with Crippen molar-refractivity contribution in [3.05, 3.63) is 0 Å². The van der Waals surface area contributed by atoms with E-state index in [0.29, 0.717) is 19.8 Å². The van der Waals surface area contributed by atoms with Gasteiger partial charge in [0.2, 0.25) is 0 Å². The summed E-state index contributed by atoms with van der Waals surface area (Å²) in [6, 6.07) is -0.312. The number of carbonyl (C=O) groups is 1. The van der Waals surface area contributed by atoms with E-state index < -0.39 is 0 Å². The SMILES string of the molecule is CCCNC(=O)NOCCOC. The van der Waals surface area contributed by atoms with Gasteiger partial charge < -0.3 is 10.1 Å². The number of amides is 2. The molecule has 0 aromatic carbocycles. The minimum Gasteiger partial charge on any atom is -0.382 e. The van der Waals surface area contributed by atoms with E-state index in [1.807, 2.05) is 6.92 Å². The molecule has 2 amide bonds. The highest BCUT2D eigenvalue weighted by Crippen LogP contribution is 1.73. The zero-order valence-electron chi connectivity index (χ0n) is 7.55. The van der Waals surface area contributed by atoms with Crippen LogP contribution < -0.4 is 10.8 Å². The third-order valence-electron chi connectivity index (χ3n) is 1.09. The van der Waals surface area contributed by atoms with E-state index in [2.05, 4.69) is 10.8 Å². The van der Waals surface area contributed by atoms with Gasteiger partial charge in [0, 0.05) is 13.7 Å². The van der Waals surface area contributed by atoms with Crippen molar-refractivity contribution >= 4 is 6.03 Å². The van der Waals surface area contributed by atoms with Gasteiger partial charge in [-0.2, -0.15) is 0 Å². The summed E-state index contributed by atoms with van der Waals surface area (Å²) in [5.41, 5.74) is 2.22. The van der Waals surface area contributed by atoms with Crippen LogP contribution in [0.3, 0.4) is 0 Å². The van der Waals surface area contributed by atoms with Gasteiger partial charge in [-0.1, -0.05) is 6.92 Å². The Balaban J connectivity index is 3.08. The topological polar surface area (TPSA) is 59.6 Å². The molecule has 0 unspecified atom stereocenters. The van der Waals surface area contributed by atoms with Gasteiger partial charge in [0.15, 0.2) is 0 Å². The number of nitrogens with one attached hydrogen (secondary N) is 2. The van der Waals surface area contributed by atoms with Crippen LogP contribution >= 0.6 is 0 Å². The van der Waals surface area contributed by atoms with E-state index >= 15 is 0 Å². The second-order valence-corrected chi connectivity index (χ2v) is 2.20. The highest BCUT2D eigenvalue weighted by molar-refractivity contribution is 5.72. The van der Waals surface area contributed by atoms with Gasteiger partial charge in [0.05, 0.1) is 13.2 Å². The van der Waals surface area contributed by atoms with Crippen molar-refractivity contribution in [3.8, 4) is 0 Å². The number of hydrogen-bond donors (Lipinski definition) is 2. The summed E-state index contributed by atoms with van der Waals surface area (Å²) in [5.74, 6) is 0. The predicted octanol–water partition coefficient (Wildman–Crippen LogP) is 0.274. The second kappa shape index (κ2) is 8.29. The Morgan fingerprint density at radius 1 is 1.42 bits per heavy atom. The monoisotopic (exact) mass is 176 g/mol. The zero-order valence-corrected chi connectivity index (χ0v) is 7.55. The zero-order chi connectivity index (χ0) is 9.23. The fraction of sp³-hybridized carbons (Fsp3) is 0.857. The first-order valence-corrected chi connectivity index (χ1v) is 3.95. The van der Waals surface area contributed by atoms with E-state index in [1.165, 1.54) is 0 Å². The Kier molecular flexibility index (Phi) is 7.73. The molecule has 0 heterocycles. The summed E-state index contributed by atoms with van der Waals surface area (Å²) in [5, 5.41) is 2.59. The van der Waals surface area contributed by atoms with E-state index in [0.717, 1.165) is 6.42 Å². The van der Waals surface area contributed by atoms with E-state index in [4.69, 9.17) is 9.57 Å². The maximum absolute atomic E-state index is 10.8. The summed E-state index contributed by atoms with van der Waals surface area (Å²) in [4.78, 5) is 15.5. The van der Waals surface area contributed by atoms with Gasteiger partial charge in [-0.15, -0.1) is 0 Å². The molecule has 0 aromatic heterocycles. The normalized spacial score (nSPS) is 9.50. The van der Waals surface area contributed by atoms with Crippen LogP contribution in [0.2, 0.25) is 0 Å². The van der Waals surface area contributed by atoms with Crippen molar-refractivity contribution in [2.75, 3.05) is 26.9 Å². The number of rotatable bonds is 6. The molecule has 0 rings (SSSR count). The van der Waals surface area contributed by atoms with Crippen LogP contribution in [-0.4, -0.2) is 32.9 Å². The molecule has 0 saturated heterocycles. The number of hydroxylamine groups is 1. The van der Waals surface area contributed by atoms with Crippen LogP contribution in [0.1, 0.15) is 13.3 Å². The molecular formula is C7H16N2O3. The third kappa shape index (κ3) is 7.30. The first-order chi connectivity index (χ1) is 5.81. The highest BCUT2D eigenvalue weighted by Gasteiger charge is 1.96. The fourth-order valence-electron chi connectivity index (χ4n) is 0.516. The lowest BCUT2D eigenvalue weighted by atomic mass is 10.5. The molecule has 0 atom stereocenters. The first kappa shape index (κ1) is 11.2. The Morgan fingerprint density at radius 3 is 2.75 bits per heavy atom. The Hall–Kier alpha value is -0.810. The maximum Gasteiger partial charge on any atom is 0.338 e. The molecule has 12 heavy (non-hydrogen) atoms. The van der Waals surface area contributed by atoms with Crippen LogP contribution in [0.15, 0.2) is 0 Å². The molecule has 0 spiro atoms. The molecule has 0 fully saturated rings. The predicted molar refractivity (Wildman–Crippen MR) is 44.7 cm³/mol. The van der Waals surface area contributed by atoms with Crippen LogP contribution in [-0.2, 0) is 9.57 Å². The molecule has 0 radical (unpaired) electrons. The summed E-state index contributed by atoms with van der Waals surface area (Å²) >= 11 is 0. The Morgan fingerprint density at radius 2 is 2.17 bits per heavy atom. The molecule has 0 aromatic rings. The van der Waals surface area contributed by atoms with E-state index in [1.54, 1.807) is 7.11 Å². The molecule has 2 N–H and O–H groups in total. The van der Waals surface area contributed by atoms with Gasteiger partial charge in [-0.25, -0.2) is 10.3 Å².